The average molecular weight is 496 g/mol. The van der Waals surface area contributed by atoms with Crippen LogP contribution in [0.5, 0.6) is 0 Å². The summed E-state index contributed by atoms with van der Waals surface area (Å²) in [6.45, 7) is 4.97. The fourth-order valence-corrected chi connectivity index (χ4v) is 5.92. The summed E-state index contributed by atoms with van der Waals surface area (Å²) < 4.78 is 5.66. The number of aliphatic hydroxyl groups is 1. The topological polar surface area (TPSA) is 92.5 Å². The van der Waals surface area contributed by atoms with Crippen molar-refractivity contribution in [3.05, 3.63) is 54.0 Å². The molecule has 3 saturated heterocycles. The van der Waals surface area contributed by atoms with E-state index in [2.05, 4.69) is 39.2 Å². The molecular weight excluding hydrogens is 458 g/mol. The minimum absolute atomic E-state index is 0.0455. The lowest BCUT2D eigenvalue weighted by Gasteiger charge is -2.37. The highest BCUT2D eigenvalue weighted by Gasteiger charge is 2.45. The Kier molecular flexibility index (Phi) is 7.59. The van der Waals surface area contributed by atoms with Gasteiger partial charge in [-0.25, -0.2) is 0 Å². The maximum atomic E-state index is 13.1. The van der Waals surface area contributed by atoms with Crippen LogP contribution in [0.3, 0.4) is 0 Å². The molecule has 9 nitrogen and oxygen atoms in total. The van der Waals surface area contributed by atoms with Crippen molar-refractivity contribution >= 4 is 17.5 Å². The predicted octanol–water partition coefficient (Wildman–Crippen LogP) is 1.27. The molecule has 2 aromatic rings. The second-order valence-electron chi connectivity index (χ2n) is 10.1. The zero-order valence-electron chi connectivity index (χ0n) is 21.0. The smallest absolute Gasteiger partial charge is 0.239 e. The van der Waals surface area contributed by atoms with Crippen LogP contribution >= 0.6 is 0 Å². The first kappa shape index (κ1) is 24.8. The number of carbonyl (C=O) groups excluding carboxylic acids is 2. The molecule has 3 unspecified atom stereocenters. The number of furan rings is 1. The van der Waals surface area contributed by atoms with E-state index in [-0.39, 0.29) is 36.5 Å². The Morgan fingerprint density at radius 3 is 2.53 bits per heavy atom. The van der Waals surface area contributed by atoms with E-state index in [0.717, 1.165) is 51.3 Å². The van der Waals surface area contributed by atoms with Crippen LogP contribution in [-0.2, 0) is 22.7 Å². The Morgan fingerprint density at radius 1 is 1.06 bits per heavy atom. The highest BCUT2D eigenvalue weighted by Crippen LogP contribution is 2.29. The van der Waals surface area contributed by atoms with Crippen molar-refractivity contribution in [1.29, 1.82) is 0 Å². The maximum Gasteiger partial charge on any atom is 0.239 e. The molecule has 2 N–H and O–H groups in total. The van der Waals surface area contributed by atoms with E-state index >= 15 is 0 Å². The van der Waals surface area contributed by atoms with Crippen molar-refractivity contribution in [2.24, 2.45) is 0 Å². The molecule has 0 aliphatic carbocycles. The van der Waals surface area contributed by atoms with Gasteiger partial charge in [-0.2, -0.15) is 0 Å². The van der Waals surface area contributed by atoms with Crippen LogP contribution in [-0.4, -0.2) is 96.1 Å². The van der Waals surface area contributed by atoms with E-state index in [1.54, 1.807) is 6.07 Å². The van der Waals surface area contributed by atoms with E-state index in [1.165, 1.54) is 5.69 Å². The van der Waals surface area contributed by atoms with E-state index < -0.39 is 0 Å². The highest BCUT2D eigenvalue weighted by molar-refractivity contribution is 5.83. The van der Waals surface area contributed by atoms with Gasteiger partial charge in [0.2, 0.25) is 11.8 Å². The lowest BCUT2D eigenvalue weighted by molar-refractivity contribution is -0.132. The van der Waals surface area contributed by atoms with Crippen molar-refractivity contribution in [2.75, 3.05) is 51.2 Å². The Bertz CT molecular complexity index is 1040. The third-order valence-corrected chi connectivity index (χ3v) is 8.03. The fraction of sp³-hybridized carbons (Fsp3) is 0.556. The standard InChI is InChI=1S/C27H37N5O4/c1-29-21(7-10-25(34)31-15-13-30(14-16-31)20-5-3-2-4-6-20)17-28-27(35)26-24(29)11-12-32(26)18-22-8-9-23(19-33)36-22/h2-6,8-9,21,24,26,33H,7,10-19H2,1H3,(H,28,35). The molecule has 1 aromatic heterocycles. The van der Waals surface area contributed by atoms with E-state index in [9.17, 15) is 14.7 Å². The summed E-state index contributed by atoms with van der Waals surface area (Å²) in [6.07, 6.45) is 2.12. The number of anilines is 1. The van der Waals surface area contributed by atoms with Crippen molar-refractivity contribution in [1.82, 2.24) is 20.0 Å². The Hall–Kier alpha value is -2.88. The normalized spacial score (nSPS) is 25.5. The first-order valence-electron chi connectivity index (χ1n) is 13.0. The summed E-state index contributed by atoms with van der Waals surface area (Å²) in [5.41, 5.74) is 1.21. The van der Waals surface area contributed by atoms with Crippen LogP contribution < -0.4 is 10.2 Å². The number of nitrogens with one attached hydrogen (secondary N) is 1. The largest absolute Gasteiger partial charge is 0.462 e. The minimum atomic E-state index is -0.246. The number of likely N-dealkylation sites (N-methyl/N-ethyl adjacent to an activating group) is 1. The quantitative estimate of drug-likeness (QED) is 0.598. The molecular formula is C27H37N5O4. The second-order valence-corrected chi connectivity index (χ2v) is 10.1. The van der Waals surface area contributed by atoms with Gasteiger partial charge in [0.15, 0.2) is 0 Å². The average Bonchev–Trinajstić information content (AvgIpc) is 3.53. The van der Waals surface area contributed by atoms with Gasteiger partial charge in [0.25, 0.3) is 0 Å². The number of benzene rings is 1. The van der Waals surface area contributed by atoms with Crippen molar-refractivity contribution in [2.45, 2.75) is 50.5 Å². The van der Waals surface area contributed by atoms with Gasteiger partial charge in [-0.3, -0.25) is 19.4 Å². The minimum Gasteiger partial charge on any atom is -0.462 e. The SMILES string of the molecule is CN1C(CCC(=O)N2CCN(c3ccccc3)CC2)CNC(=O)C2C1CCN2Cc1ccc(CO)o1. The first-order chi connectivity index (χ1) is 17.5. The summed E-state index contributed by atoms with van der Waals surface area (Å²) in [4.78, 5) is 34.9. The van der Waals surface area contributed by atoms with Crippen LogP contribution in [0.15, 0.2) is 46.9 Å². The number of likely N-dealkylation sites (tertiary alicyclic amines) is 1. The highest BCUT2D eigenvalue weighted by atomic mass is 16.4. The number of para-hydroxylation sites is 1. The molecule has 36 heavy (non-hydrogen) atoms. The Balaban J connectivity index is 1.14. The van der Waals surface area contributed by atoms with Crippen LogP contribution in [0.4, 0.5) is 5.69 Å². The van der Waals surface area contributed by atoms with Gasteiger partial charge in [0.05, 0.1) is 6.54 Å². The first-order valence-corrected chi connectivity index (χ1v) is 13.0. The number of fused-ring (bicyclic) bond motifs is 1. The number of nitrogens with zero attached hydrogens (tertiary/aromatic N) is 4. The number of hydrogen-bond acceptors (Lipinski definition) is 7. The number of carbonyl (C=O) groups is 2. The Morgan fingerprint density at radius 2 is 1.81 bits per heavy atom. The monoisotopic (exact) mass is 495 g/mol. The summed E-state index contributed by atoms with van der Waals surface area (Å²) in [6, 6.07) is 14.0. The molecule has 3 fully saturated rings. The summed E-state index contributed by atoms with van der Waals surface area (Å²) in [7, 11) is 2.09. The zero-order valence-corrected chi connectivity index (χ0v) is 21.0. The second kappa shape index (κ2) is 11.0. The van der Waals surface area contributed by atoms with Gasteiger partial charge in [-0.1, -0.05) is 18.2 Å². The number of amides is 2. The molecule has 1 aromatic carbocycles. The van der Waals surface area contributed by atoms with Crippen molar-refractivity contribution in [3.8, 4) is 0 Å². The molecule has 9 heteroatoms. The van der Waals surface area contributed by atoms with Crippen LogP contribution in [0, 0.1) is 0 Å². The van der Waals surface area contributed by atoms with Crippen LogP contribution in [0.2, 0.25) is 0 Å². The van der Waals surface area contributed by atoms with E-state index in [0.29, 0.717) is 25.3 Å². The van der Waals surface area contributed by atoms with Gasteiger partial charge >= 0.3 is 0 Å². The van der Waals surface area contributed by atoms with Gasteiger partial charge in [-0.15, -0.1) is 0 Å². The third kappa shape index (κ3) is 5.28. The summed E-state index contributed by atoms with van der Waals surface area (Å²) in [5.74, 6) is 1.54. The molecule has 2 amide bonds. The molecule has 0 radical (unpaired) electrons. The molecule has 0 bridgehead atoms. The molecule has 3 aliphatic heterocycles. The van der Waals surface area contributed by atoms with E-state index in [4.69, 9.17) is 4.42 Å². The predicted molar refractivity (Wildman–Crippen MR) is 136 cm³/mol. The number of rotatable bonds is 7. The zero-order chi connectivity index (χ0) is 25.1. The number of piperazine rings is 1. The molecule has 0 saturated carbocycles. The molecule has 5 rings (SSSR count). The summed E-state index contributed by atoms with van der Waals surface area (Å²) in [5, 5.41) is 12.4. The summed E-state index contributed by atoms with van der Waals surface area (Å²) >= 11 is 0. The molecule has 4 heterocycles. The Labute approximate surface area is 212 Å². The number of aliphatic hydroxyl groups excluding tert-OH is 1. The van der Waals surface area contributed by atoms with Crippen LogP contribution in [0.25, 0.3) is 0 Å². The van der Waals surface area contributed by atoms with Crippen molar-refractivity contribution in [3.63, 3.8) is 0 Å². The molecule has 194 valence electrons. The number of hydrogen-bond donors (Lipinski definition) is 2. The maximum absolute atomic E-state index is 13.1. The van der Waals surface area contributed by atoms with Gasteiger partial charge in [-0.05, 0) is 44.2 Å². The molecule has 3 atom stereocenters. The molecule has 3 aliphatic rings. The van der Waals surface area contributed by atoms with Gasteiger partial charge in [0, 0.05) is 63.5 Å². The fourth-order valence-electron chi connectivity index (χ4n) is 5.92. The van der Waals surface area contributed by atoms with Crippen LogP contribution in [0.1, 0.15) is 30.8 Å². The van der Waals surface area contributed by atoms with Gasteiger partial charge in [0.1, 0.15) is 24.2 Å². The van der Waals surface area contributed by atoms with Gasteiger partial charge < -0.3 is 24.6 Å². The lowest BCUT2D eigenvalue weighted by Crippen LogP contribution is -2.50. The van der Waals surface area contributed by atoms with E-state index in [1.807, 2.05) is 29.2 Å². The van der Waals surface area contributed by atoms with Crippen molar-refractivity contribution < 1.29 is 19.1 Å². The lowest BCUT2D eigenvalue weighted by atomic mass is 10.0. The molecule has 0 spiro atoms. The third-order valence-electron chi connectivity index (χ3n) is 8.03.